The van der Waals surface area contributed by atoms with Gasteiger partial charge in [-0.3, -0.25) is 4.79 Å². The smallest absolute Gasteiger partial charge is 0.252 e. The van der Waals surface area contributed by atoms with E-state index in [1.807, 2.05) is 0 Å². The van der Waals surface area contributed by atoms with E-state index in [4.69, 9.17) is 0 Å². The SMILES string of the molecule is O=C(NCCC1CCCNC1)c1csc2c1CCCC2. The van der Waals surface area contributed by atoms with Gasteiger partial charge in [-0.25, -0.2) is 0 Å². The van der Waals surface area contributed by atoms with Gasteiger partial charge >= 0.3 is 0 Å². The van der Waals surface area contributed by atoms with Gasteiger partial charge in [0.2, 0.25) is 0 Å². The molecule has 1 amide bonds. The number of thiophene rings is 1. The van der Waals surface area contributed by atoms with Gasteiger partial charge in [-0.05, 0) is 69.5 Å². The molecule has 1 atom stereocenters. The molecule has 1 aliphatic carbocycles. The Morgan fingerprint density at radius 3 is 3.10 bits per heavy atom. The third-order valence-electron chi connectivity index (χ3n) is 4.54. The van der Waals surface area contributed by atoms with E-state index in [1.165, 1.54) is 42.5 Å². The minimum absolute atomic E-state index is 0.146. The van der Waals surface area contributed by atoms with Crippen molar-refractivity contribution in [3.05, 3.63) is 21.4 Å². The predicted octanol–water partition coefficient (Wildman–Crippen LogP) is 2.75. The molecule has 3 rings (SSSR count). The van der Waals surface area contributed by atoms with E-state index in [0.717, 1.165) is 44.0 Å². The van der Waals surface area contributed by atoms with Crippen molar-refractivity contribution in [3.63, 3.8) is 0 Å². The number of amides is 1. The highest BCUT2D eigenvalue weighted by atomic mass is 32.1. The van der Waals surface area contributed by atoms with Crippen LogP contribution in [0.4, 0.5) is 0 Å². The number of hydrogen-bond donors (Lipinski definition) is 2. The molecule has 0 bridgehead atoms. The zero-order valence-corrected chi connectivity index (χ0v) is 12.9. The quantitative estimate of drug-likeness (QED) is 0.896. The van der Waals surface area contributed by atoms with Gasteiger partial charge in [-0.1, -0.05) is 0 Å². The number of carbonyl (C=O) groups excluding carboxylic acids is 1. The van der Waals surface area contributed by atoms with Crippen LogP contribution >= 0.6 is 11.3 Å². The third-order valence-corrected chi connectivity index (χ3v) is 5.63. The molecular weight excluding hydrogens is 268 g/mol. The number of aryl methyl sites for hydroxylation is 1. The first kappa shape index (κ1) is 14.1. The van der Waals surface area contributed by atoms with E-state index in [1.54, 1.807) is 11.3 Å². The van der Waals surface area contributed by atoms with Gasteiger partial charge in [-0.15, -0.1) is 11.3 Å². The number of rotatable bonds is 4. The molecule has 0 aromatic carbocycles. The van der Waals surface area contributed by atoms with E-state index in [-0.39, 0.29) is 5.91 Å². The third kappa shape index (κ3) is 3.23. The average Bonchev–Trinajstić information content (AvgIpc) is 2.92. The fourth-order valence-corrected chi connectivity index (χ4v) is 4.47. The number of nitrogens with one attached hydrogen (secondary N) is 2. The lowest BCUT2D eigenvalue weighted by molar-refractivity contribution is 0.0950. The molecule has 1 aromatic heterocycles. The maximum absolute atomic E-state index is 12.3. The van der Waals surface area contributed by atoms with Crippen LogP contribution in [0.15, 0.2) is 5.38 Å². The zero-order chi connectivity index (χ0) is 13.8. The van der Waals surface area contributed by atoms with E-state index >= 15 is 0 Å². The molecule has 1 aromatic rings. The fraction of sp³-hybridized carbons (Fsp3) is 0.688. The van der Waals surface area contributed by atoms with Crippen LogP contribution in [0.5, 0.6) is 0 Å². The Labute approximate surface area is 125 Å². The lowest BCUT2D eigenvalue weighted by Crippen LogP contribution is -2.33. The van der Waals surface area contributed by atoms with Crippen molar-refractivity contribution in [1.29, 1.82) is 0 Å². The molecule has 0 spiro atoms. The maximum Gasteiger partial charge on any atom is 0.252 e. The molecule has 1 fully saturated rings. The summed E-state index contributed by atoms with van der Waals surface area (Å²) in [5, 5.41) is 8.62. The van der Waals surface area contributed by atoms with Crippen molar-refractivity contribution >= 4 is 17.2 Å². The first-order chi connectivity index (χ1) is 9.84. The van der Waals surface area contributed by atoms with Crippen molar-refractivity contribution in [3.8, 4) is 0 Å². The van der Waals surface area contributed by atoms with Crippen molar-refractivity contribution in [2.24, 2.45) is 5.92 Å². The lowest BCUT2D eigenvalue weighted by Gasteiger charge is -2.22. The van der Waals surface area contributed by atoms with E-state index < -0.39 is 0 Å². The lowest BCUT2D eigenvalue weighted by atomic mass is 9.95. The summed E-state index contributed by atoms with van der Waals surface area (Å²) in [4.78, 5) is 13.7. The average molecular weight is 292 g/mol. The van der Waals surface area contributed by atoms with Crippen LogP contribution in [0.25, 0.3) is 0 Å². The van der Waals surface area contributed by atoms with E-state index in [9.17, 15) is 4.79 Å². The fourth-order valence-electron chi connectivity index (χ4n) is 3.34. The van der Waals surface area contributed by atoms with Crippen molar-refractivity contribution in [2.75, 3.05) is 19.6 Å². The summed E-state index contributed by atoms with van der Waals surface area (Å²) in [6, 6.07) is 0. The first-order valence-electron chi connectivity index (χ1n) is 7.93. The van der Waals surface area contributed by atoms with Gasteiger partial charge in [0.25, 0.3) is 5.91 Å². The second kappa shape index (κ2) is 6.72. The molecule has 4 heteroatoms. The maximum atomic E-state index is 12.3. The van der Waals surface area contributed by atoms with Gasteiger partial charge < -0.3 is 10.6 Å². The molecule has 20 heavy (non-hydrogen) atoms. The van der Waals surface area contributed by atoms with Crippen LogP contribution in [0.2, 0.25) is 0 Å². The highest BCUT2D eigenvalue weighted by Gasteiger charge is 2.20. The highest BCUT2D eigenvalue weighted by molar-refractivity contribution is 7.10. The summed E-state index contributed by atoms with van der Waals surface area (Å²) in [5.74, 6) is 0.883. The van der Waals surface area contributed by atoms with Crippen LogP contribution in [-0.4, -0.2) is 25.5 Å². The number of carbonyl (C=O) groups is 1. The Hall–Kier alpha value is -0.870. The predicted molar refractivity (Wildman–Crippen MR) is 83.5 cm³/mol. The van der Waals surface area contributed by atoms with Crippen LogP contribution in [0.3, 0.4) is 0 Å². The highest BCUT2D eigenvalue weighted by Crippen LogP contribution is 2.30. The monoisotopic (exact) mass is 292 g/mol. The molecule has 2 heterocycles. The molecule has 1 saturated heterocycles. The van der Waals surface area contributed by atoms with Crippen LogP contribution < -0.4 is 10.6 Å². The minimum Gasteiger partial charge on any atom is -0.352 e. The first-order valence-corrected chi connectivity index (χ1v) is 8.80. The summed E-state index contributed by atoms with van der Waals surface area (Å²) < 4.78 is 0. The topological polar surface area (TPSA) is 41.1 Å². The molecule has 0 radical (unpaired) electrons. The molecule has 3 nitrogen and oxygen atoms in total. The summed E-state index contributed by atoms with van der Waals surface area (Å²) in [6.07, 6.45) is 8.45. The zero-order valence-electron chi connectivity index (χ0n) is 12.0. The Morgan fingerprint density at radius 2 is 2.25 bits per heavy atom. The Kier molecular flexibility index (Phi) is 4.73. The van der Waals surface area contributed by atoms with Gasteiger partial charge in [0.15, 0.2) is 0 Å². The van der Waals surface area contributed by atoms with Crippen molar-refractivity contribution < 1.29 is 4.79 Å². The van der Waals surface area contributed by atoms with Crippen LogP contribution in [0.1, 0.15) is 52.9 Å². The van der Waals surface area contributed by atoms with E-state index in [2.05, 4.69) is 16.0 Å². The second-order valence-electron chi connectivity index (χ2n) is 6.02. The molecule has 110 valence electrons. The van der Waals surface area contributed by atoms with Crippen molar-refractivity contribution in [2.45, 2.75) is 44.9 Å². The van der Waals surface area contributed by atoms with Gasteiger partial charge in [0, 0.05) is 16.8 Å². The molecule has 2 N–H and O–H groups in total. The molecule has 2 aliphatic rings. The molecular formula is C16H24N2OS. The van der Waals surface area contributed by atoms with E-state index in [0.29, 0.717) is 0 Å². The van der Waals surface area contributed by atoms with Gasteiger partial charge in [0.1, 0.15) is 0 Å². The Bertz CT molecular complexity index is 463. The summed E-state index contributed by atoms with van der Waals surface area (Å²) in [7, 11) is 0. The number of fused-ring (bicyclic) bond motifs is 1. The minimum atomic E-state index is 0.146. The van der Waals surface area contributed by atoms with Crippen LogP contribution in [0, 0.1) is 5.92 Å². The summed E-state index contributed by atoms with van der Waals surface area (Å²) in [6.45, 7) is 3.09. The second-order valence-corrected chi connectivity index (χ2v) is 6.98. The molecule has 1 aliphatic heterocycles. The number of hydrogen-bond acceptors (Lipinski definition) is 3. The Balaban J connectivity index is 1.50. The van der Waals surface area contributed by atoms with Crippen LogP contribution in [-0.2, 0) is 12.8 Å². The molecule has 1 unspecified atom stereocenters. The largest absolute Gasteiger partial charge is 0.352 e. The van der Waals surface area contributed by atoms with Gasteiger partial charge in [0.05, 0.1) is 5.56 Å². The van der Waals surface area contributed by atoms with Crippen molar-refractivity contribution in [1.82, 2.24) is 10.6 Å². The standard InChI is InChI=1S/C16H24N2OS/c19-16(18-9-7-12-4-3-8-17-10-12)14-11-20-15-6-2-1-5-13(14)15/h11-12,17H,1-10H2,(H,18,19). The summed E-state index contributed by atoms with van der Waals surface area (Å²) in [5.41, 5.74) is 2.28. The summed E-state index contributed by atoms with van der Waals surface area (Å²) >= 11 is 1.77. The normalized spacial score (nSPS) is 22.3. The Morgan fingerprint density at radius 1 is 1.35 bits per heavy atom. The van der Waals surface area contributed by atoms with Gasteiger partial charge in [-0.2, -0.15) is 0 Å². The number of piperidine rings is 1. The molecule has 0 saturated carbocycles.